The Morgan fingerprint density at radius 3 is 2.23 bits per heavy atom. The lowest BCUT2D eigenvalue weighted by molar-refractivity contribution is -0.231. The number of aryl methyl sites for hydroxylation is 1. The molecule has 3 saturated heterocycles. The molecule has 0 spiro atoms. The molecule has 3 aliphatic heterocycles. The average Bonchev–Trinajstić information content (AvgIpc) is 3.16. The van der Waals surface area contributed by atoms with Gasteiger partial charge in [0.15, 0.2) is 24.0 Å². The number of hydrogen-bond acceptors (Lipinski definition) is 7. The molecular weight excluding hydrogens is 404 g/mol. The van der Waals surface area contributed by atoms with Crippen LogP contribution in [0.4, 0.5) is 5.69 Å². The van der Waals surface area contributed by atoms with Crippen molar-refractivity contribution in [3.8, 4) is 0 Å². The lowest BCUT2D eigenvalue weighted by atomic mass is 9.98. The molecule has 2 amide bonds. The van der Waals surface area contributed by atoms with Crippen molar-refractivity contribution < 1.29 is 33.3 Å². The second-order valence-electron chi connectivity index (χ2n) is 9.05. The molecule has 4 rings (SSSR count). The third-order valence-electron chi connectivity index (χ3n) is 5.40. The van der Waals surface area contributed by atoms with Gasteiger partial charge in [-0.1, -0.05) is 17.7 Å². The van der Waals surface area contributed by atoms with E-state index in [9.17, 15) is 9.59 Å². The minimum atomic E-state index is -0.939. The SMILES string of the molecule is Cc1ccc(NC(=O)CCNC(=O)[C@@H]2O[C@H]3OC(C)(C)O[C@@H]3[C@H]3OC(C)(C)O[C@@H]32)cc1. The smallest absolute Gasteiger partial charge is 0.252 e. The van der Waals surface area contributed by atoms with Crippen LogP contribution in [0.3, 0.4) is 0 Å². The number of amides is 2. The third-order valence-corrected chi connectivity index (χ3v) is 5.40. The van der Waals surface area contributed by atoms with E-state index >= 15 is 0 Å². The molecule has 0 saturated carbocycles. The first kappa shape index (κ1) is 22.2. The van der Waals surface area contributed by atoms with Crippen LogP contribution >= 0.6 is 0 Å². The van der Waals surface area contributed by atoms with E-state index in [2.05, 4.69) is 10.6 Å². The van der Waals surface area contributed by atoms with Crippen LogP contribution in [0.25, 0.3) is 0 Å². The maximum atomic E-state index is 12.9. The largest absolute Gasteiger partial charge is 0.353 e. The van der Waals surface area contributed by atoms with Gasteiger partial charge in [0, 0.05) is 18.7 Å². The molecule has 5 atom stereocenters. The maximum absolute atomic E-state index is 12.9. The fraction of sp³-hybridized carbons (Fsp3) is 0.636. The number of carbonyl (C=O) groups is 2. The Kier molecular flexibility index (Phi) is 5.82. The fourth-order valence-electron chi connectivity index (χ4n) is 4.08. The lowest BCUT2D eigenvalue weighted by Crippen LogP contribution is -2.59. The number of rotatable bonds is 5. The van der Waals surface area contributed by atoms with E-state index in [1.54, 1.807) is 27.7 Å². The van der Waals surface area contributed by atoms with Crippen LogP contribution in [0.5, 0.6) is 0 Å². The van der Waals surface area contributed by atoms with Crippen LogP contribution in [0, 0.1) is 6.92 Å². The van der Waals surface area contributed by atoms with Gasteiger partial charge in [-0.15, -0.1) is 0 Å². The highest BCUT2D eigenvalue weighted by Gasteiger charge is 2.62. The number of ether oxygens (including phenoxy) is 5. The minimum Gasteiger partial charge on any atom is -0.353 e. The first-order valence-corrected chi connectivity index (χ1v) is 10.5. The Morgan fingerprint density at radius 1 is 0.903 bits per heavy atom. The van der Waals surface area contributed by atoms with Crippen molar-refractivity contribution in [2.75, 3.05) is 11.9 Å². The highest BCUT2D eigenvalue weighted by atomic mass is 16.9. The molecule has 3 fully saturated rings. The number of anilines is 1. The van der Waals surface area contributed by atoms with Crippen LogP contribution < -0.4 is 10.6 Å². The minimum absolute atomic E-state index is 0.127. The molecule has 0 aromatic heterocycles. The molecule has 1 aromatic rings. The maximum Gasteiger partial charge on any atom is 0.252 e. The van der Waals surface area contributed by atoms with Crippen molar-refractivity contribution in [2.24, 2.45) is 0 Å². The molecule has 9 nitrogen and oxygen atoms in total. The summed E-state index contributed by atoms with van der Waals surface area (Å²) in [6, 6.07) is 7.51. The van der Waals surface area contributed by atoms with E-state index in [-0.39, 0.29) is 24.8 Å². The Balaban J connectivity index is 1.34. The van der Waals surface area contributed by atoms with Crippen molar-refractivity contribution in [1.82, 2.24) is 5.32 Å². The Bertz CT molecular complexity index is 839. The van der Waals surface area contributed by atoms with Gasteiger partial charge in [-0.05, 0) is 46.8 Å². The van der Waals surface area contributed by atoms with Gasteiger partial charge < -0.3 is 34.3 Å². The van der Waals surface area contributed by atoms with Crippen LogP contribution in [0.1, 0.15) is 39.7 Å². The Hall–Kier alpha value is -2.04. The van der Waals surface area contributed by atoms with Crippen molar-refractivity contribution in [3.63, 3.8) is 0 Å². The van der Waals surface area contributed by atoms with E-state index < -0.39 is 42.3 Å². The van der Waals surface area contributed by atoms with Crippen LogP contribution in [0.2, 0.25) is 0 Å². The predicted molar refractivity (Wildman–Crippen MR) is 110 cm³/mol. The normalized spacial score (nSPS) is 32.7. The number of hydrogen-bond donors (Lipinski definition) is 2. The second-order valence-corrected chi connectivity index (χ2v) is 9.05. The van der Waals surface area contributed by atoms with Crippen LogP contribution in [0.15, 0.2) is 24.3 Å². The van der Waals surface area contributed by atoms with Gasteiger partial charge in [0.1, 0.15) is 18.3 Å². The summed E-state index contributed by atoms with van der Waals surface area (Å²) >= 11 is 0. The van der Waals surface area contributed by atoms with Crippen molar-refractivity contribution in [3.05, 3.63) is 29.8 Å². The Morgan fingerprint density at radius 2 is 1.52 bits per heavy atom. The number of fused-ring (bicyclic) bond motifs is 3. The van der Waals surface area contributed by atoms with Gasteiger partial charge in [0.05, 0.1) is 0 Å². The molecular formula is C22H30N2O7. The van der Waals surface area contributed by atoms with E-state index in [0.717, 1.165) is 5.56 Å². The molecule has 3 heterocycles. The number of benzene rings is 1. The zero-order valence-electron chi connectivity index (χ0n) is 18.5. The van der Waals surface area contributed by atoms with Gasteiger partial charge in [0.2, 0.25) is 5.91 Å². The molecule has 1 aromatic carbocycles. The average molecular weight is 434 g/mol. The zero-order chi connectivity index (χ0) is 22.4. The van der Waals surface area contributed by atoms with Crippen molar-refractivity contribution >= 4 is 17.5 Å². The van der Waals surface area contributed by atoms with Gasteiger partial charge in [-0.3, -0.25) is 9.59 Å². The summed E-state index contributed by atoms with van der Waals surface area (Å²) in [5.74, 6) is -2.31. The second kappa shape index (κ2) is 8.14. The monoisotopic (exact) mass is 434 g/mol. The standard InChI is InChI=1S/C22H30N2O7/c1-12-6-8-13(9-7-12)24-14(25)10-11-23-19(26)17-15-16(29-21(2,3)28-15)18-20(27-17)31-22(4,5)30-18/h6-9,15-18,20H,10-11H2,1-5H3,(H,23,26)(H,24,25)/t15-,16-,17+,18+,20-/m0/s1. The summed E-state index contributed by atoms with van der Waals surface area (Å²) in [5.41, 5.74) is 1.82. The molecule has 170 valence electrons. The predicted octanol–water partition coefficient (Wildman–Crippen LogP) is 1.84. The topological polar surface area (TPSA) is 104 Å². The van der Waals surface area contributed by atoms with E-state index in [1.165, 1.54) is 0 Å². The summed E-state index contributed by atoms with van der Waals surface area (Å²) in [7, 11) is 0. The highest BCUT2D eigenvalue weighted by Crippen LogP contribution is 2.44. The molecule has 9 heteroatoms. The summed E-state index contributed by atoms with van der Waals surface area (Å²) in [6.45, 7) is 9.27. The molecule has 3 aliphatic rings. The molecule has 0 radical (unpaired) electrons. The summed E-state index contributed by atoms with van der Waals surface area (Å²) in [6.07, 6.45) is -3.19. The first-order valence-electron chi connectivity index (χ1n) is 10.5. The van der Waals surface area contributed by atoms with Crippen LogP contribution in [-0.2, 0) is 33.3 Å². The van der Waals surface area contributed by atoms with E-state index in [4.69, 9.17) is 23.7 Å². The number of carbonyl (C=O) groups excluding carboxylic acids is 2. The first-order chi connectivity index (χ1) is 14.5. The molecule has 0 aliphatic carbocycles. The lowest BCUT2D eigenvalue weighted by Gasteiger charge is -2.36. The summed E-state index contributed by atoms with van der Waals surface area (Å²) in [5, 5.41) is 5.57. The van der Waals surface area contributed by atoms with Gasteiger partial charge in [-0.25, -0.2) is 0 Å². The van der Waals surface area contributed by atoms with Gasteiger partial charge in [0.25, 0.3) is 5.91 Å². The van der Waals surface area contributed by atoms with Crippen molar-refractivity contribution in [2.45, 2.75) is 83.3 Å². The molecule has 0 unspecified atom stereocenters. The zero-order valence-corrected chi connectivity index (χ0v) is 18.5. The molecule has 31 heavy (non-hydrogen) atoms. The van der Waals surface area contributed by atoms with Crippen molar-refractivity contribution in [1.29, 1.82) is 0 Å². The molecule has 2 N–H and O–H groups in total. The van der Waals surface area contributed by atoms with E-state index in [1.807, 2.05) is 31.2 Å². The quantitative estimate of drug-likeness (QED) is 0.729. The van der Waals surface area contributed by atoms with Crippen LogP contribution in [-0.4, -0.2) is 60.6 Å². The number of nitrogens with one attached hydrogen (secondary N) is 2. The summed E-state index contributed by atoms with van der Waals surface area (Å²) < 4.78 is 29.6. The van der Waals surface area contributed by atoms with Gasteiger partial charge in [-0.2, -0.15) is 0 Å². The third kappa shape index (κ3) is 4.91. The van der Waals surface area contributed by atoms with E-state index in [0.29, 0.717) is 5.69 Å². The molecule has 0 bridgehead atoms. The van der Waals surface area contributed by atoms with Gasteiger partial charge >= 0.3 is 0 Å². The fourth-order valence-corrected chi connectivity index (χ4v) is 4.08. The summed E-state index contributed by atoms with van der Waals surface area (Å²) in [4.78, 5) is 25.0. The Labute approximate surface area is 181 Å². The highest BCUT2D eigenvalue weighted by molar-refractivity contribution is 5.91.